The van der Waals surface area contributed by atoms with Crippen molar-refractivity contribution in [1.29, 1.82) is 0 Å². The number of furan rings is 1. The van der Waals surface area contributed by atoms with Crippen LogP contribution in [0.5, 0.6) is 0 Å². The number of hydrogen-bond donors (Lipinski definition) is 1. The molecule has 10 heteroatoms. The minimum absolute atomic E-state index is 0.0275. The molecule has 0 aliphatic carbocycles. The third-order valence-corrected chi connectivity index (χ3v) is 5.40. The molecule has 1 N–H and O–H groups in total. The Hall–Kier alpha value is -3.62. The van der Waals surface area contributed by atoms with E-state index in [2.05, 4.69) is 5.32 Å². The first-order valence-electron chi connectivity index (χ1n) is 9.29. The van der Waals surface area contributed by atoms with E-state index in [1.54, 1.807) is 12.1 Å². The van der Waals surface area contributed by atoms with Gasteiger partial charge in [0.2, 0.25) is 0 Å². The van der Waals surface area contributed by atoms with Gasteiger partial charge in [0.05, 0.1) is 45.2 Å². The second-order valence-electron chi connectivity index (χ2n) is 6.74. The Morgan fingerprint density at radius 2 is 1.75 bits per heavy atom. The average Bonchev–Trinajstić information content (AvgIpc) is 3.39. The number of halogens is 2. The van der Waals surface area contributed by atoms with Crippen LogP contribution in [0.4, 0.5) is 5.69 Å². The number of rotatable bonds is 6. The standard InChI is InChI=1S/C22H14Cl2N2O6/c23-17-6-4-13(9-18(17)24)26-20(28)15-5-3-12(8-16(15)21(26)29)22(30)32-11-19(27)25-10-14-2-1-7-31-14/h1-9H,10-11H2,(H,25,27). The number of hydrogen-bond acceptors (Lipinski definition) is 6. The molecule has 0 atom stereocenters. The number of imide groups is 1. The van der Waals surface area contributed by atoms with Crippen LogP contribution in [-0.2, 0) is 16.1 Å². The van der Waals surface area contributed by atoms with Crippen LogP contribution in [0.2, 0.25) is 10.0 Å². The number of amides is 3. The highest BCUT2D eigenvalue weighted by Crippen LogP contribution is 2.33. The molecule has 0 bridgehead atoms. The molecular weight excluding hydrogens is 459 g/mol. The first kappa shape index (κ1) is 21.6. The Kier molecular flexibility index (Phi) is 5.98. The number of ether oxygens (including phenoxy) is 1. The maximum Gasteiger partial charge on any atom is 0.338 e. The van der Waals surface area contributed by atoms with E-state index in [9.17, 15) is 19.2 Å². The highest BCUT2D eigenvalue weighted by molar-refractivity contribution is 6.42. The van der Waals surface area contributed by atoms with Gasteiger partial charge in [0.15, 0.2) is 6.61 Å². The van der Waals surface area contributed by atoms with Crippen LogP contribution in [0.25, 0.3) is 0 Å². The van der Waals surface area contributed by atoms with Gasteiger partial charge in [-0.3, -0.25) is 14.4 Å². The lowest BCUT2D eigenvalue weighted by molar-refractivity contribution is -0.124. The molecule has 1 aliphatic heterocycles. The first-order chi connectivity index (χ1) is 15.3. The zero-order valence-corrected chi connectivity index (χ0v) is 17.8. The van der Waals surface area contributed by atoms with Crippen molar-refractivity contribution < 1.29 is 28.3 Å². The van der Waals surface area contributed by atoms with Crippen molar-refractivity contribution in [3.8, 4) is 0 Å². The molecule has 3 amide bonds. The molecule has 0 saturated carbocycles. The molecule has 1 aliphatic rings. The fourth-order valence-electron chi connectivity index (χ4n) is 3.09. The van der Waals surface area contributed by atoms with Gasteiger partial charge in [0, 0.05) is 0 Å². The van der Waals surface area contributed by atoms with Gasteiger partial charge < -0.3 is 14.5 Å². The van der Waals surface area contributed by atoms with E-state index in [-0.39, 0.29) is 39.0 Å². The van der Waals surface area contributed by atoms with Crippen molar-refractivity contribution in [2.45, 2.75) is 6.54 Å². The number of nitrogens with zero attached hydrogens (tertiary/aromatic N) is 1. The van der Waals surface area contributed by atoms with Gasteiger partial charge in [-0.05, 0) is 48.5 Å². The lowest BCUT2D eigenvalue weighted by Gasteiger charge is -2.14. The molecule has 2 aromatic carbocycles. The van der Waals surface area contributed by atoms with Crippen LogP contribution in [0, 0.1) is 0 Å². The summed E-state index contributed by atoms with van der Waals surface area (Å²) in [6.45, 7) is -0.359. The van der Waals surface area contributed by atoms with Gasteiger partial charge >= 0.3 is 5.97 Å². The van der Waals surface area contributed by atoms with E-state index in [0.717, 1.165) is 4.90 Å². The molecule has 0 radical (unpaired) electrons. The number of fused-ring (bicyclic) bond motifs is 1. The predicted octanol–water partition coefficient (Wildman–Crippen LogP) is 3.86. The van der Waals surface area contributed by atoms with E-state index in [1.807, 2.05) is 0 Å². The number of benzene rings is 2. The van der Waals surface area contributed by atoms with Crippen molar-refractivity contribution in [2.75, 3.05) is 11.5 Å². The maximum atomic E-state index is 12.8. The van der Waals surface area contributed by atoms with Gasteiger partial charge in [-0.1, -0.05) is 23.2 Å². The SMILES string of the molecule is O=C(COC(=O)c1ccc2c(c1)C(=O)N(c1ccc(Cl)c(Cl)c1)C2=O)NCc1ccco1. The molecule has 0 unspecified atom stereocenters. The first-order valence-corrected chi connectivity index (χ1v) is 10.0. The van der Waals surface area contributed by atoms with Gasteiger partial charge in [-0.15, -0.1) is 0 Å². The molecule has 4 rings (SSSR count). The number of anilines is 1. The van der Waals surface area contributed by atoms with Crippen LogP contribution in [0.15, 0.2) is 59.2 Å². The molecule has 0 fully saturated rings. The average molecular weight is 473 g/mol. The third-order valence-electron chi connectivity index (χ3n) is 4.66. The summed E-state index contributed by atoms with van der Waals surface area (Å²) in [5.41, 5.74) is 0.453. The Bertz CT molecular complexity index is 1240. The Balaban J connectivity index is 1.44. The lowest BCUT2D eigenvalue weighted by atomic mass is 10.1. The van der Waals surface area contributed by atoms with E-state index in [0.29, 0.717) is 5.76 Å². The maximum absolute atomic E-state index is 12.8. The summed E-state index contributed by atoms with van der Waals surface area (Å²) in [4.78, 5) is 50.7. The summed E-state index contributed by atoms with van der Waals surface area (Å²) >= 11 is 11.9. The van der Waals surface area contributed by atoms with E-state index in [1.165, 1.54) is 42.7 Å². The van der Waals surface area contributed by atoms with E-state index in [4.69, 9.17) is 32.4 Å². The second kappa shape index (κ2) is 8.86. The molecule has 1 aromatic heterocycles. The molecule has 162 valence electrons. The Morgan fingerprint density at radius 1 is 0.969 bits per heavy atom. The quantitative estimate of drug-likeness (QED) is 0.431. The number of carbonyl (C=O) groups is 4. The van der Waals surface area contributed by atoms with Crippen LogP contribution in [0.3, 0.4) is 0 Å². The molecule has 32 heavy (non-hydrogen) atoms. The van der Waals surface area contributed by atoms with Crippen LogP contribution >= 0.6 is 23.2 Å². The zero-order chi connectivity index (χ0) is 22.8. The summed E-state index contributed by atoms with van der Waals surface area (Å²) in [6.07, 6.45) is 1.48. The Morgan fingerprint density at radius 3 is 2.47 bits per heavy atom. The van der Waals surface area contributed by atoms with Crippen molar-refractivity contribution in [3.05, 3.63) is 87.3 Å². The fourth-order valence-corrected chi connectivity index (χ4v) is 3.38. The van der Waals surface area contributed by atoms with Crippen molar-refractivity contribution in [3.63, 3.8) is 0 Å². The van der Waals surface area contributed by atoms with E-state index < -0.39 is 30.3 Å². The van der Waals surface area contributed by atoms with E-state index >= 15 is 0 Å². The summed E-state index contributed by atoms with van der Waals surface area (Å²) in [5, 5.41) is 3.02. The minimum Gasteiger partial charge on any atom is -0.467 e. The normalized spacial score (nSPS) is 12.6. The minimum atomic E-state index is -0.811. The fraction of sp³-hybridized carbons (Fsp3) is 0.0909. The highest BCUT2D eigenvalue weighted by atomic mass is 35.5. The summed E-state index contributed by atoms with van der Waals surface area (Å²) < 4.78 is 10.1. The molecular formula is C22H14Cl2N2O6. The highest BCUT2D eigenvalue weighted by Gasteiger charge is 2.37. The summed E-state index contributed by atoms with van der Waals surface area (Å²) in [5.74, 6) is -1.95. The largest absolute Gasteiger partial charge is 0.467 e. The monoisotopic (exact) mass is 472 g/mol. The molecule has 8 nitrogen and oxygen atoms in total. The molecule has 0 saturated heterocycles. The number of carbonyl (C=O) groups excluding carboxylic acids is 4. The summed E-state index contributed by atoms with van der Waals surface area (Å²) in [7, 11) is 0. The Labute approximate surface area is 191 Å². The summed E-state index contributed by atoms with van der Waals surface area (Å²) in [6, 6.07) is 11.7. The number of nitrogens with one attached hydrogen (secondary N) is 1. The molecule has 2 heterocycles. The third kappa shape index (κ3) is 4.23. The van der Waals surface area contributed by atoms with Gasteiger partial charge in [-0.2, -0.15) is 0 Å². The molecule has 3 aromatic rings. The zero-order valence-electron chi connectivity index (χ0n) is 16.3. The van der Waals surface area contributed by atoms with Gasteiger partial charge in [-0.25, -0.2) is 9.69 Å². The van der Waals surface area contributed by atoms with Crippen molar-refractivity contribution in [1.82, 2.24) is 5.32 Å². The number of esters is 1. The van der Waals surface area contributed by atoms with Crippen LogP contribution in [-0.4, -0.2) is 30.3 Å². The van der Waals surface area contributed by atoms with Crippen molar-refractivity contribution >= 4 is 52.6 Å². The van der Waals surface area contributed by atoms with Crippen LogP contribution < -0.4 is 10.2 Å². The predicted molar refractivity (Wildman–Crippen MR) is 115 cm³/mol. The smallest absolute Gasteiger partial charge is 0.338 e. The van der Waals surface area contributed by atoms with Crippen molar-refractivity contribution in [2.24, 2.45) is 0 Å². The van der Waals surface area contributed by atoms with Crippen LogP contribution in [0.1, 0.15) is 36.8 Å². The van der Waals surface area contributed by atoms with Gasteiger partial charge in [0.1, 0.15) is 5.76 Å². The second-order valence-corrected chi connectivity index (χ2v) is 7.55. The van der Waals surface area contributed by atoms with Gasteiger partial charge in [0.25, 0.3) is 17.7 Å². The molecule has 0 spiro atoms. The topological polar surface area (TPSA) is 106 Å². The lowest BCUT2D eigenvalue weighted by Crippen LogP contribution is -2.29.